The van der Waals surface area contributed by atoms with Crippen molar-refractivity contribution < 1.29 is 18.4 Å². The van der Waals surface area contributed by atoms with Crippen molar-refractivity contribution in [1.82, 2.24) is 9.80 Å². The molecule has 0 bridgehead atoms. The Morgan fingerprint density at radius 2 is 1.73 bits per heavy atom. The summed E-state index contributed by atoms with van der Waals surface area (Å²) in [6, 6.07) is 2.97. The number of hydrogen-bond donors (Lipinski definition) is 1. The van der Waals surface area contributed by atoms with Gasteiger partial charge in [-0.15, -0.1) is 0 Å². The maximum atomic E-state index is 13.6. The van der Waals surface area contributed by atoms with E-state index < -0.39 is 11.6 Å². The monoisotopic (exact) mass is 365 g/mol. The maximum absolute atomic E-state index is 13.6. The van der Waals surface area contributed by atoms with Gasteiger partial charge in [0.15, 0.2) is 0 Å². The molecule has 142 valence electrons. The van der Waals surface area contributed by atoms with E-state index in [9.17, 15) is 18.4 Å². The van der Waals surface area contributed by atoms with Crippen molar-refractivity contribution in [3.63, 3.8) is 0 Å². The van der Waals surface area contributed by atoms with Crippen molar-refractivity contribution in [2.45, 2.75) is 32.1 Å². The van der Waals surface area contributed by atoms with Crippen LogP contribution in [0, 0.1) is 17.6 Å². The third-order valence-electron chi connectivity index (χ3n) is 5.17. The zero-order valence-corrected chi connectivity index (χ0v) is 14.8. The van der Waals surface area contributed by atoms with Crippen LogP contribution in [0.4, 0.5) is 14.5 Å². The van der Waals surface area contributed by atoms with Crippen molar-refractivity contribution >= 4 is 17.5 Å². The Morgan fingerprint density at radius 1 is 1.04 bits per heavy atom. The van der Waals surface area contributed by atoms with Crippen molar-refractivity contribution in [3.8, 4) is 0 Å². The average molecular weight is 365 g/mol. The second-order valence-corrected chi connectivity index (χ2v) is 7.11. The second kappa shape index (κ2) is 8.58. The number of hydrogen-bond acceptors (Lipinski definition) is 3. The average Bonchev–Trinajstić information content (AvgIpc) is 2.65. The van der Waals surface area contributed by atoms with Gasteiger partial charge in [-0.05, 0) is 57.3 Å². The van der Waals surface area contributed by atoms with E-state index in [0.717, 1.165) is 57.0 Å². The van der Waals surface area contributed by atoms with E-state index in [-0.39, 0.29) is 30.0 Å². The number of amides is 2. The van der Waals surface area contributed by atoms with Crippen LogP contribution in [0.25, 0.3) is 0 Å². The van der Waals surface area contributed by atoms with Crippen LogP contribution in [0.3, 0.4) is 0 Å². The summed E-state index contributed by atoms with van der Waals surface area (Å²) < 4.78 is 26.8. The summed E-state index contributed by atoms with van der Waals surface area (Å²) >= 11 is 0. The molecule has 0 aromatic heterocycles. The van der Waals surface area contributed by atoms with Gasteiger partial charge in [-0.2, -0.15) is 0 Å². The van der Waals surface area contributed by atoms with Crippen molar-refractivity contribution in [1.29, 1.82) is 0 Å². The highest BCUT2D eigenvalue weighted by Gasteiger charge is 2.29. The van der Waals surface area contributed by atoms with Crippen molar-refractivity contribution in [3.05, 3.63) is 29.8 Å². The highest BCUT2D eigenvalue weighted by molar-refractivity contribution is 5.92. The Balaban J connectivity index is 1.45. The summed E-state index contributed by atoms with van der Waals surface area (Å²) in [5.74, 6) is -1.36. The Hall–Kier alpha value is -2.02. The minimum Gasteiger partial charge on any atom is -0.342 e. The number of carbonyl (C=O) groups excluding carboxylic acids is 2. The van der Waals surface area contributed by atoms with E-state index in [1.165, 1.54) is 6.42 Å². The normalized spacial score (nSPS) is 19.4. The van der Waals surface area contributed by atoms with Crippen LogP contribution in [-0.2, 0) is 9.59 Å². The summed E-state index contributed by atoms with van der Waals surface area (Å²) in [6.07, 6.45) is 4.83. The Labute approximate surface area is 152 Å². The lowest BCUT2D eigenvalue weighted by atomic mass is 9.94. The standard InChI is InChI=1S/C19H25F2N3O2/c20-15-4-5-16(21)17(12-15)22-18(25)13-23-10-6-14(7-11-23)19(26)24-8-2-1-3-9-24/h4-5,12,14H,1-3,6-11,13H2,(H,22,25). The first-order valence-corrected chi connectivity index (χ1v) is 9.29. The minimum atomic E-state index is -0.661. The summed E-state index contributed by atoms with van der Waals surface area (Å²) in [5, 5.41) is 2.41. The predicted molar refractivity (Wildman–Crippen MR) is 94.6 cm³/mol. The number of carbonyl (C=O) groups is 2. The van der Waals surface area contributed by atoms with Crippen LogP contribution in [0.15, 0.2) is 18.2 Å². The number of benzene rings is 1. The van der Waals surface area contributed by atoms with Gasteiger partial charge >= 0.3 is 0 Å². The van der Waals surface area contributed by atoms with E-state index in [2.05, 4.69) is 5.32 Å². The number of nitrogens with one attached hydrogen (secondary N) is 1. The number of piperidine rings is 2. The van der Waals surface area contributed by atoms with E-state index in [0.29, 0.717) is 13.1 Å². The Morgan fingerprint density at radius 3 is 2.42 bits per heavy atom. The highest BCUT2D eigenvalue weighted by atomic mass is 19.1. The van der Waals surface area contributed by atoms with Gasteiger partial charge in [-0.3, -0.25) is 14.5 Å². The zero-order chi connectivity index (χ0) is 18.5. The molecule has 2 fully saturated rings. The smallest absolute Gasteiger partial charge is 0.238 e. The molecule has 0 spiro atoms. The Kier molecular flexibility index (Phi) is 6.19. The molecular formula is C19H25F2N3O2. The number of halogens is 2. The van der Waals surface area contributed by atoms with E-state index in [1.807, 2.05) is 9.80 Å². The summed E-state index contributed by atoms with van der Waals surface area (Å²) in [5.41, 5.74) is -0.148. The van der Waals surface area contributed by atoms with Gasteiger partial charge in [0.2, 0.25) is 11.8 Å². The van der Waals surface area contributed by atoms with Crippen molar-refractivity contribution in [2.75, 3.05) is 38.0 Å². The fourth-order valence-electron chi connectivity index (χ4n) is 3.70. The third kappa shape index (κ3) is 4.78. The van der Waals surface area contributed by atoms with E-state index in [1.54, 1.807) is 0 Å². The molecule has 5 nitrogen and oxygen atoms in total. The molecule has 1 aromatic rings. The van der Waals surface area contributed by atoms with Crippen LogP contribution in [-0.4, -0.2) is 54.3 Å². The van der Waals surface area contributed by atoms with Crippen LogP contribution >= 0.6 is 0 Å². The number of likely N-dealkylation sites (tertiary alicyclic amines) is 2. The summed E-state index contributed by atoms with van der Waals surface area (Å²) in [4.78, 5) is 28.6. The molecule has 0 unspecified atom stereocenters. The van der Waals surface area contributed by atoms with Gasteiger partial charge < -0.3 is 10.2 Å². The lowest BCUT2D eigenvalue weighted by molar-refractivity contribution is -0.138. The molecule has 26 heavy (non-hydrogen) atoms. The molecule has 1 N–H and O–H groups in total. The molecule has 0 aliphatic carbocycles. The highest BCUT2D eigenvalue weighted by Crippen LogP contribution is 2.22. The van der Waals surface area contributed by atoms with E-state index >= 15 is 0 Å². The summed E-state index contributed by atoms with van der Waals surface area (Å²) in [7, 11) is 0. The first kappa shape index (κ1) is 18.8. The largest absolute Gasteiger partial charge is 0.342 e. The predicted octanol–water partition coefficient (Wildman–Crippen LogP) is 2.63. The van der Waals surface area contributed by atoms with Gasteiger partial charge in [0.05, 0.1) is 12.2 Å². The topological polar surface area (TPSA) is 52.7 Å². The number of rotatable bonds is 4. The quantitative estimate of drug-likeness (QED) is 0.892. The molecule has 2 aliphatic rings. The van der Waals surface area contributed by atoms with Gasteiger partial charge in [0.25, 0.3) is 0 Å². The lowest BCUT2D eigenvalue weighted by Crippen LogP contribution is -2.45. The van der Waals surface area contributed by atoms with Crippen molar-refractivity contribution in [2.24, 2.45) is 5.92 Å². The first-order valence-electron chi connectivity index (χ1n) is 9.29. The fraction of sp³-hybridized carbons (Fsp3) is 0.579. The van der Waals surface area contributed by atoms with Gasteiger partial charge in [-0.25, -0.2) is 8.78 Å². The fourth-order valence-corrected chi connectivity index (χ4v) is 3.70. The molecule has 3 rings (SSSR count). The van der Waals surface area contributed by atoms with Gasteiger partial charge in [0.1, 0.15) is 11.6 Å². The minimum absolute atomic E-state index is 0.0353. The molecule has 2 amide bonds. The third-order valence-corrected chi connectivity index (χ3v) is 5.17. The second-order valence-electron chi connectivity index (χ2n) is 7.11. The molecule has 1 aromatic carbocycles. The number of anilines is 1. The molecule has 0 atom stereocenters. The van der Waals surface area contributed by atoms with Crippen LogP contribution in [0.1, 0.15) is 32.1 Å². The van der Waals surface area contributed by atoms with Crippen LogP contribution in [0.2, 0.25) is 0 Å². The van der Waals surface area contributed by atoms with Crippen LogP contribution in [0.5, 0.6) is 0 Å². The Bertz CT molecular complexity index is 654. The molecular weight excluding hydrogens is 340 g/mol. The zero-order valence-electron chi connectivity index (χ0n) is 14.8. The number of nitrogens with zero attached hydrogens (tertiary/aromatic N) is 2. The molecule has 7 heteroatoms. The van der Waals surface area contributed by atoms with Gasteiger partial charge in [0, 0.05) is 25.1 Å². The molecule has 2 heterocycles. The molecule has 2 aliphatic heterocycles. The summed E-state index contributed by atoms with van der Waals surface area (Å²) in [6.45, 7) is 3.15. The first-order chi connectivity index (χ1) is 12.5. The van der Waals surface area contributed by atoms with Crippen LogP contribution < -0.4 is 5.32 Å². The van der Waals surface area contributed by atoms with E-state index in [4.69, 9.17) is 0 Å². The van der Waals surface area contributed by atoms with Gasteiger partial charge in [-0.1, -0.05) is 0 Å². The molecule has 0 radical (unpaired) electrons. The molecule has 0 saturated carbocycles. The lowest BCUT2D eigenvalue weighted by Gasteiger charge is -2.35. The SMILES string of the molecule is O=C(CN1CCC(C(=O)N2CCCCC2)CC1)Nc1cc(F)ccc1F. The molecule has 2 saturated heterocycles. The maximum Gasteiger partial charge on any atom is 0.238 e.